The van der Waals surface area contributed by atoms with Crippen LogP contribution in [-0.2, 0) is 27.3 Å². The Balaban J connectivity index is 2.32. The number of halogens is 1. The van der Waals surface area contributed by atoms with Gasteiger partial charge in [0.15, 0.2) is 0 Å². The molecule has 0 spiro atoms. The summed E-state index contributed by atoms with van der Waals surface area (Å²) in [5.74, 6) is -1.52. The first-order valence-electron chi connectivity index (χ1n) is 6.74. The lowest BCUT2D eigenvalue weighted by Crippen LogP contribution is -2.50. The lowest BCUT2D eigenvalue weighted by atomic mass is 9.93. The maximum absolute atomic E-state index is 12.5. The summed E-state index contributed by atoms with van der Waals surface area (Å²) in [6, 6.07) is 4.89. The number of benzene rings is 1. The Kier molecular flexibility index (Phi) is 5.00. The molecule has 1 heterocycles. The van der Waals surface area contributed by atoms with Crippen LogP contribution in [0.2, 0.25) is 0 Å². The van der Waals surface area contributed by atoms with E-state index in [0.29, 0.717) is 13.0 Å². The molecule has 0 saturated heterocycles. The van der Waals surface area contributed by atoms with E-state index in [2.05, 4.69) is 15.9 Å². The van der Waals surface area contributed by atoms with Crippen molar-refractivity contribution in [1.82, 2.24) is 4.90 Å². The van der Waals surface area contributed by atoms with Crippen molar-refractivity contribution in [3.63, 3.8) is 0 Å². The molecule has 2 atom stereocenters. The van der Waals surface area contributed by atoms with E-state index < -0.39 is 12.0 Å². The van der Waals surface area contributed by atoms with Crippen molar-refractivity contribution in [2.24, 2.45) is 5.92 Å². The Morgan fingerprint density at radius 1 is 1.52 bits per heavy atom. The lowest BCUT2D eigenvalue weighted by Gasteiger charge is -2.36. The molecule has 6 heteroatoms. The van der Waals surface area contributed by atoms with Crippen LogP contribution in [0, 0.1) is 5.92 Å². The summed E-state index contributed by atoms with van der Waals surface area (Å²) in [5, 5.41) is 9.45. The quantitative estimate of drug-likeness (QED) is 0.897. The predicted octanol–water partition coefficient (Wildman–Crippen LogP) is 2.07. The van der Waals surface area contributed by atoms with Gasteiger partial charge >= 0.3 is 5.97 Å². The Morgan fingerprint density at radius 3 is 2.86 bits per heavy atom. The van der Waals surface area contributed by atoms with Gasteiger partial charge in [-0.05, 0) is 17.2 Å². The van der Waals surface area contributed by atoms with Gasteiger partial charge in [-0.15, -0.1) is 0 Å². The summed E-state index contributed by atoms with van der Waals surface area (Å²) in [6.45, 7) is 2.35. The minimum atomic E-state index is -0.977. The third-order valence-electron chi connectivity index (χ3n) is 3.74. The first-order chi connectivity index (χ1) is 9.95. The fraction of sp³-hybridized carbons (Fsp3) is 0.467. The first kappa shape index (κ1) is 16.0. The number of amides is 1. The number of fused-ring (bicyclic) bond motifs is 1. The number of ether oxygens (including phenoxy) is 1. The number of carbonyl (C=O) groups excluding carboxylic acids is 1. The molecule has 21 heavy (non-hydrogen) atoms. The molecule has 0 fully saturated rings. The molecule has 0 radical (unpaired) electrons. The van der Waals surface area contributed by atoms with Gasteiger partial charge in [-0.3, -0.25) is 4.79 Å². The van der Waals surface area contributed by atoms with Gasteiger partial charge in [0.05, 0.1) is 12.5 Å². The van der Waals surface area contributed by atoms with Gasteiger partial charge in [0, 0.05) is 24.5 Å². The van der Waals surface area contributed by atoms with Gasteiger partial charge in [-0.2, -0.15) is 0 Å². The molecule has 0 bridgehead atoms. The Labute approximate surface area is 132 Å². The molecular formula is C15H18BrNO4. The summed E-state index contributed by atoms with van der Waals surface area (Å²) >= 11 is 3.45. The molecule has 5 nitrogen and oxygen atoms in total. The number of carboxylic acids is 1. The summed E-state index contributed by atoms with van der Waals surface area (Å²) in [5.41, 5.74) is 1.95. The van der Waals surface area contributed by atoms with Crippen molar-refractivity contribution in [3.8, 4) is 0 Å². The Morgan fingerprint density at radius 2 is 2.24 bits per heavy atom. The molecule has 1 amide bonds. The maximum atomic E-state index is 12.5. The largest absolute Gasteiger partial charge is 0.480 e. The highest BCUT2D eigenvalue weighted by Crippen LogP contribution is 2.30. The molecule has 1 aromatic carbocycles. The summed E-state index contributed by atoms with van der Waals surface area (Å²) in [7, 11) is 1.53. The highest BCUT2D eigenvalue weighted by Gasteiger charge is 2.36. The van der Waals surface area contributed by atoms with Crippen molar-refractivity contribution in [3.05, 3.63) is 33.8 Å². The van der Waals surface area contributed by atoms with E-state index in [1.807, 2.05) is 18.2 Å². The average Bonchev–Trinajstić information content (AvgIpc) is 2.45. The van der Waals surface area contributed by atoms with Crippen LogP contribution in [0.5, 0.6) is 0 Å². The molecule has 1 aliphatic rings. The van der Waals surface area contributed by atoms with Crippen molar-refractivity contribution < 1.29 is 19.4 Å². The number of carbonyl (C=O) groups is 2. The zero-order chi connectivity index (χ0) is 15.6. The van der Waals surface area contributed by atoms with E-state index in [1.165, 1.54) is 12.0 Å². The van der Waals surface area contributed by atoms with Crippen molar-refractivity contribution >= 4 is 27.8 Å². The van der Waals surface area contributed by atoms with Crippen molar-refractivity contribution in [2.75, 3.05) is 13.7 Å². The molecule has 0 aliphatic carbocycles. The van der Waals surface area contributed by atoms with E-state index in [4.69, 9.17) is 4.74 Å². The molecule has 114 valence electrons. The minimum absolute atomic E-state index is 0.185. The number of hydrogen-bond acceptors (Lipinski definition) is 3. The number of aliphatic carboxylic acids is 1. The molecule has 0 aromatic heterocycles. The molecule has 1 aliphatic heterocycles. The monoisotopic (exact) mass is 355 g/mol. The minimum Gasteiger partial charge on any atom is -0.480 e. The fourth-order valence-electron chi connectivity index (χ4n) is 2.63. The maximum Gasteiger partial charge on any atom is 0.326 e. The van der Waals surface area contributed by atoms with Crippen molar-refractivity contribution in [1.29, 1.82) is 0 Å². The number of carboxylic acid groups (broad SMARTS) is 1. The van der Waals surface area contributed by atoms with Crippen LogP contribution in [0.25, 0.3) is 0 Å². The number of nitrogens with zero attached hydrogens (tertiary/aromatic N) is 1. The third-order valence-corrected chi connectivity index (χ3v) is 4.48. The van der Waals surface area contributed by atoms with E-state index in [9.17, 15) is 14.7 Å². The average molecular weight is 356 g/mol. The van der Waals surface area contributed by atoms with Gasteiger partial charge in [0.2, 0.25) is 5.91 Å². The second-order valence-electron chi connectivity index (χ2n) is 5.26. The van der Waals surface area contributed by atoms with Crippen LogP contribution in [-0.4, -0.2) is 41.6 Å². The predicted molar refractivity (Wildman–Crippen MR) is 80.9 cm³/mol. The SMILES string of the molecule is COCC(C)C(=O)N1Cc2cccc(Br)c2CC1C(=O)O. The van der Waals surface area contributed by atoms with Crippen molar-refractivity contribution in [2.45, 2.75) is 25.9 Å². The van der Waals surface area contributed by atoms with Gasteiger partial charge in [0.25, 0.3) is 0 Å². The second-order valence-corrected chi connectivity index (χ2v) is 6.11. The summed E-state index contributed by atoms with van der Waals surface area (Å²) < 4.78 is 5.89. The second kappa shape index (κ2) is 6.58. The topological polar surface area (TPSA) is 66.8 Å². The first-order valence-corrected chi connectivity index (χ1v) is 7.53. The number of methoxy groups -OCH3 is 1. The summed E-state index contributed by atoms with van der Waals surface area (Å²) in [6.07, 6.45) is 0.317. The molecule has 1 aromatic rings. The van der Waals surface area contributed by atoms with Crippen LogP contribution in [0.4, 0.5) is 0 Å². The highest BCUT2D eigenvalue weighted by atomic mass is 79.9. The molecule has 2 unspecified atom stereocenters. The molecule has 0 saturated carbocycles. The Bertz CT molecular complexity index is 561. The normalized spacial score (nSPS) is 19.0. The van der Waals surface area contributed by atoms with E-state index in [1.54, 1.807) is 6.92 Å². The van der Waals surface area contributed by atoms with Crippen LogP contribution in [0.15, 0.2) is 22.7 Å². The van der Waals surface area contributed by atoms with Gasteiger partial charge in [-0.1, -0.05) is 35.0 Å². The molecular weight excluding hydrogens is 338 g/mol. The van der Waals surface area contributed by atoms with Gasteiger partial charge < -0.3 is 14.7 Å². The number of rotatable bonds is 4. The van der Waals surface area contributed by atoms with Gasteiger partial charge in [0.1, 0.15) is 6.04 Å². The lowest BCUT2D eigenvalue weighted by molar-refractivity contribution is -0.153. The van der Waals surface area contributed by atoms with Crippen LogP contribution in [0.1, 0.15) is 18.1 Å². The zero-order valence-electron chi connectivity index (χ0n) is 12.0. The van der Waals surface area contributed by atoms with Gasteiger partial charge in [-0.25, -0.2) is 4.79 Å². The molecule has 2 rings (SSSR count). The third kappa shape index (κ3) is 3.27. The zero-order valence-corrected chi connectivity index (χ0v) is 13.6. The highest BCUT2D eigenvalue weighted by molar-refractivity contribution is 9.10. The smallest absolute Gasteiger partial charge is 0.326 e. The van der Waals surface area contributed by atoms with E-state index >= 15 is 0 Å². The van der Waals surface area contributed by atoms with E-state index in [-0.39, 0.29) is 18.4 Å². The van der Waals surface area contributed by atoms with Crippen LogP contribution >= 0.6 is 15.9 Å². The van der Waals surface area contributed by atoms with E-state index in [0.717, 1.165) is 15.6 Å². The summed E-state index contributed by atoms with van der Waals surface area (Å²) in [4.78, 5) is 25.4. The standard InChI is InChI=1S/C15H18BrNO4/c1-9(8-21-2)14(18)17-7-10-4-3-5-12(16)11(10)6-13(17)15(19)20/h3-5,9,13H,6-8H2,1-2H3,(H,19,20). The number of hydrogen-bond donors (Lipinski definition) is 1. The fourth-order valence-corrected chi connectivity index (χ4v) is 3.20. The van der Waals surface area contributed by atoms with Crippen LogP contribution < -0.4 is 0 Å². The van der Waals surface area contributed by atoms with Crippen LogP contribution in [0.3, 0.4) is 0 Å². The Hall–Kier alpha value is -1.40. The molecule has 1 N–H and O–H groups in total.